The molecule has 2 aliphatic rings. The van der Waals surface area contributed by atoms with Crippen LogP contribution in [-0.4, -0.2) is 37.7 Å². The molecule has 0 bridgehead atoms. The summed E-state index contributed by atoms with van der Waals surface area (Å²) in [5.74, 6) is 0.861. The Bertz CT molecular complexity index is 217. The molecule has 2 fully saturated rings. The third-order valence-electron chi connectivity index (χ3n) is 3.16. The molecule has 80 valence electrons. The Kier molecular flexibility index (Phi) is 2.68. The molecular formula is C11H20N2O. The van der Waals surface area contributed by atoms with Gasteiger partial charge in [0.25, 0.3) is 0 Å². The Morgan fingerprint density at radius 2 is 2.07 bits per heavy atom. The van der Waals surface area contributed by atoms with Gasteiger partial charge >= 0.3 is 0 Å². The van der Waals surface area contributed by atoms with Crippen LogP contribution in [0.1, 0.15) is 19.8 Å². The SMILES string of the molecule is C=C(OCC1(C)CC1)N1CCNCC1. The van der Waals surface area contributed by atoms with Crippen LogP contribution in [0.25, 0.3) is 0 Å². The van der Waals surface area contributed by atoms with Crippen molar-refractivity contribution in [3.05, 3.63) is 12.5 Å². The maximum Gasteiger partial charge on any atom is 0.181 e. The monoisotopic (exact) mass is 196 g/mol. The van der Waals surface area contributed by atoms with Crippen LogP contribution in [0.2, 0.25) is 0 Å². The van der Waals surface area contributed by atoms with Gasteiger partial charge in [0.1, 0.15) is 0 Å². The molecule has 1 saturated carbocycles. The normalized spacial score (nSPS) is 24.5. The maximum absolute atomic E-state index is 5.71. The van der Waals surface area contributed by atoms with E-state index in [0.717, 1.165) is 38.7 Å². The third kappa shape index (κ3) is 2.41. The van der Waals surface area contributed by atoms with Crippen molar-refractivity contribution in [2.45, 2.75) is 19.8 Å². The summed E-state index contributed by atoms with van der Waals surface area (Å²) in [4.78, 5) is 2.22. The fraction of sp³-hybridized carbons (Fsp3) is 0.818. The fourth-order valence-corrected chi connectivity index (χ4v) is 1.62. The fourth-order valence-electron chi connectivity index (χ4n) is 1.62. The molecule has 1 saturated heterocycles. The second kappa shape index (κ2) is 3.81. The minimum Gasteiger partial charge on any atom is -0.479 e. The lowest BCUT2D eigenvalue weighted by Gasteiger charge is -2.30. The summed E-state index contributed by atoms with van der Waals surface area (Å²) in [7, 11) is 0. The molecule has 0 aromatic heterocycles. The van der Waals surface area contributed by atoms with Crippen molar-refractivity contribution in [3.8, 4) is 0 Å². The average Bonchev–Trinajstić information content (AvgIpc) is 2.95. The van der Waals surface area contributed by atoms with Gasteiger partial charge in [0, 0.05) is 31.6 Å². The van der Waals surface area contributed by atoms with Crippen LogP contribution >= 0.6 is 0 Å². The standard InChI is InChI=1S/C11H20N2O/c1-10(13-7-5-12-6-8-13)14-9-11(2)3-4-11/h12H,1,3-9H2,2H3. The summed E-state index contributed by atoms with van der Waals surface area (Å²) in [6.07, 6.45) is 2.61. The van der Waals surface area contributed by atoms with E-state index in [9.17, 15) is 0 Å². The van der Waals surface area contributed by atoms with Crippen LogP contribution < -0.4 is 5.32 Å². The lowest BCUT2D eigenvalue weighted by molar-refractivity contribution is 0.0802. The molecule has 1 aliphatic carbocycles. The molecule has 1 aliphatic heterocycles. The van der Waals surface area contributed by atoms with Gasteiger partial charge < -0.3 is 15.0 Å². The van der Waals surface area contributed by atoms with E-state index in [-0.39, 0.29) is 0 Å². The lowest BCUT2D eigenvalue weighted by Crippen LogP contribution is -2.43. The van der Waals surface area contributed by atoms with E-state index in [1.807, 2.05) is 0 Å². The van der Waals surface area contributed by atoms with Crippen LogP contribution in [0.3, 0.4) is 0 Å². The highest BCUT2D eigenvalue weighted by Crippen LogP contribution is 2.45. The van der Waals surface area contributed by atoms with Crippen molar-refractivity contribution in [2.24, 2.45) is 5.41 Å². The Hall–Kier alpha value is -0.700. The van der Waals surface area contributed by atoms with Gasteiger partial charge in [-0.1, -0.05) is 6.92 Å². The van der Waals surface area contributed by atoms with E-state index in [4.69, 9.17) is 4.74 Å². The largest absolute Gasteiger partial charge is 0.479 e. The predicted octanol–water partition coefficient (Wildman–Crippen LogP) is 1.18. The van der Waals surface area contributed by atoms with Crippen LogP contribution in [0.4, 0.5) is 0 Å². The van der Waals surface area contributed by atoms with Crippen molar-refractivity contribution >= 4 is 0 Å². The molecule has 2 rings (SSSR count). The van der Waals surface area contributed by atoms with Crippen molar-refractivity contribution < 1.29 is 4.74 Å². The number of hydrogen-bond acceptors (Lipinski definition) is 3. The minimum absolute atomic E-state index is 0.455. The lowest BCUT2D eigenvalue weighted by atomic mass is 10.2. The summed E-state index contributed by atoms with van der Waals surface area (Å²) in [6.45, 7) is 11.2. The van der Waals surface area contributed by atoms with Crippen molar-refractivity contribution in [1.29, 1.82) is 0 Å². The van der Waals surface area contributed by atoms with Crippen LogP contribution in [-0.2, 0) is 4.74 Å². The molecule has 0 radical (unpaired) electrons. The molecular weight excluding hydrogens is 176 g/mol. The predicted molar refractivity (Wildman–Crippen MR) is 56.9 cm³/mol. The first-order valence-electron chi connectivity index (χ1n) is 5.47. The molecule has 0 spiro atoms. The van der Waals surface area contributed by atoms with Gasteiger partial charge in [-0.25, -0.2) is 0 Å². The van der Waals surface area contributed by atoms with E-state index < -0.39 is 0 Å². The Morgan fingerprint density at radius 1 is 1.43 bits per heavy atom. The summed E-state index contributed by atoms with van der Waals surface area (Å²) in [6, 6.07) is 0. The Morgan fingerprint density at radius 3 is 2.64 bits per heavy atom. The van der Waals surface area contributed by atoms with Gasteiger partial charge in [-0.15, -0.1) is 0 Å². The number of nitrogens with one attached hydrogen (secondary N) is 1. The molecule has 0 atom stereocenters. The zero-order valence-corrected chi connectivity index (χ0v) is 9.01. The number of hydrogen-bond donors (Lipinski definition) is 1. The third-order valence-corrected chi connectivity index (χ3v) is 3.16. The highest BCUT2D eigenvalue weighted by molar-refractivity contribution is 4.92. The second-order valence-electron chi connectivity index (χ2n) is 4.73. The quantitative estimate of drug-likeness (QED) is 0.683. The van der Waals surface area contributed by atoms with E-state index in [1.165, 1.54) is 12.8 Å². The molecule has 14 heavy (non-hydrogen) atoms. The zero-order valence-electron chi connectivity index (χ0n) is 9.01. The van der Waals surface area contributed by atoms with E-state index in [0.29, 0.717) is 5.41 Å². The van der Waals surface area contributed by atoms with Gasteiger partial charge in [-0.2, -0.15) is 0 Å². The average molecular weight is 196 g/mol. The van der Waals surface area contributed by atoms with E-state index in [1.54, 1.807) is 0 Å². The number of ether oxygens (including phenoxy) is 1. The van der Waals surface area contributed by atoms with Gasteiger partial charge in [0.05, 0.1) is 6.61 Å². The summed E-state index contributed by atoms with van der Waals surface area (Å²) in [5.41, 5.74) is 0.455. The van der Waals surface area contributed by atoms with Gasteiger partial charge in [-0.05, 0) is 19.4 Å². The highest BCUT2D eigenvalue weighted by atomic mass is 16.5. The van der Waals surface area contributed by atoms with E-state index in [2.05, 4.69) is 23.7 Å². The molecule has 0 unspecified atom stereocenters. The first kappa shape index (κ1) is 9.84. The molecule has 1 N–H and O–H groups in total. The zero-order chi connectivity index (χ0) is 10.0. The number of piperazine rings is 1. The molecule has 0 aromatic carbocycles. The number of nitrogens with zero attached hydrogens (tertiary/aromatic N) is 1. The van der Waals surface area contributed by atoms with Crippen LogP contribution in [0.15, 0.2) is 12.5 Å². The molecule has 0 amide bonds. The molecule has 1 heterocycles. The van der Waals surface area contributed by atoms with Crippen molar-refractivity contribution in [3.63, 3.8) is 0 Å². The topological polar surface area (TPSA) is 24.5 Å². The summed E-state index contributed by atoms with van der Waals surface area (Å²) >= 11 is 0. The minimum atomic E-state index is 0.455. The Balaban J connectivity index is 1.71. The Labute approximate surface area is 86.1 Å². The summed E-state index contributed by atoms with van der Waals surface area (Å²) < 4.78 is 5.71. The molecule has 3 heteroatoms. The van der Waals surface area contributed by atoms with E-state index >= 15 is 0 Å². The molecule has 3 nitrogen and oxygen atoms in total. The molecule has 0 aromatic rings. The first-order chi connectivity index (χ1) is 6.70. The van der Waals surface area contributed by atoms with Gasteiger partial charge in [0.15, 0.2) is 5.88 Å². The van der Waals surface area contributed by atoms with Crippen molar-refractivity contribution in [1.82, 2.24) is 10.2 Å². The van der Waals surface area contributed by atoms with Crippen molar-refractivity contribution in [2.75, 3.05) is 32.8 Å². The highest BCUT2D eigenvalue weighted by Gasteiger charge is 2.38. The van der Waals surface area contributed by atoms with Crippen LogP contribution in [0, 0.1) is 5.41 Å². The summed E-state index contributed by atoms with van der Waals surface area (Å²) in [5, 5.41) is 3.32. The smallest absolute Gasteiger partial charge is 0.181 e. The van der Waals surface area contributed by atoms with Gasteiger partial charge in [-0.3, -0.25) is 0 Å². The van der Waals surface area contributed by atoms with Gasteiger partial charge in [0.2, 0.25) is 0 Å². The first-order valence-corrected chi connectivity index (χ1v) is 5.47. The second-order valence-corrected chi connectivity index (χ2v) is 4.73. The van der Waals surface area contributed by atoms with Crippen LogP contribution in [0.5, 0.6) is 0 Å². The number of rotatable bonds is 4. The maximum atomic E-state index is 5.71.